The molecule has 0 spiro atoms. The highest BCUT2D eigenvalue weighted by molar-refractivity contribution is 6.30. The Balaban J connectivity index is 1.14. The van der Waals surface area contributed by atoms with E-state index in [1.54, 1.807) is 35.2 Å². The van der Waals surface area contributed by atoms with E-state index in [0.29, 0.717) is 54.6 Å². The van der Waals surface area contributed by atoms with Crippen LogP contribution in [0.2, 0.25) is 5.02 Å². The average molecular weight is 429 g/mol. The first kappa shape index (κ1) is 19.1. The molecule has 3 heterocycles. The summed E-state index contributed by atoms with van der Waals surface area (Å²) in [5.41, 5.74) is 1.64. The number of nitrogens with one attached hydrogen (secondary N) is 1. The maximum absolute atomic E-state index is 12.9. The molecule has 1 fully saturated rings. The lowest BCUT2D eigenvalue weighted by Crippen LogP contribution is -2.46. The Morgan fingerprint density at radius 2 is 1.77 bits per heavy atom. The smallest absolute Gasteiger partial charge is 0.263 e. The molecule has 3 aliphatic rings. The molecular formula is C22H21ClN2O5. The number of hydrogen-bond donors (Lipinski definition) is 1. The topological polar surface area (TPSA) is 77.1 Å². The van der Waals surface area contributed by atoms with E-state index in [9.17, 15) is 9.59 Å². The molecule has 0 aliphatic carbocycles. The van der Waals surface area contributed by atoms with Gasteiger partial charge in [0.15, 0.2) is 17.6 Å². The number of amides is 2. The van der Waals surface area contributed by atoms with Crippen LogP contribution in [0.1, 0.15) is 18.4 Å². The molecule has 0 unspecified atom stereocenters. The second-order valence-corrected chi connectivity index (χ2v) is 8.16. The third kappa shape index (κ3) is 3.65. The van der Waals surface area contributed by atoms with Gasteiger partial charge < -0.3 is 24.4 Å². The lowest BCUT2D eigenvalue weighted by molar-refractivity contribution is -0.140. The lowest BCUT2D eigenvalue weighted by Gasteiger charge is -2.32. The molecule has 8 heteroatoms. The number of anilines is 1. The zero-order chi connectivity index (χ0) is 20.7. The van der Waals surface area contributed by atoms with Gasteiger partial charge in [0.1, 0.15) is 5.75 Å². The normalized spacial score (nSPS) is 19.9. The predicted molar refractivity (Wildman–Crippen MR) is 110 cm³/mol. The van der Waals surface area contributed by atoms with Gasteiger partial charge in [-0.1, -0.05) is 11.6 Å². The van der Waals surface area contributed by atoms with Crippen LogP contribution < -0.4 is 19.5 Å². The van der Waals surface area contributed by atoms with Crippen molar-refractivity contribution in [1.82, 2.24) is 4.90 Å². The summed E-state index contributed by atoms with van der Waals surface area (Å²) in [4.78, 5) is 27.3. The zero-order valence-electron chi connectivity index (χ0n) is 16.2. The number of benzene rings is 2. The van der Waals surface area contributed by atoms with Crippen molar-refractivity contribution in [3.63, 3.8) is 0 Å². The number of carbonyl (C=O) groups is 2. The Morgan fingerprint density at radius 1 is 1.00 bits per heavy atom. The second kappa shape index (κ2) is 7.72. The summed E-state index contributed by atoms with van der Waals surface area (Å²) in [6, 6.07) is 10.8. The van der Waals surface area contributed by atoms with E-state index in [1.165, 1.54) is 0 Å². The Morgan fingerprint density at radius 3 is 2.60 bits per heavy atom. The molecule has 1 N–H and O–H groups in total. The van der Waals surface area contributed by atoms with Crippen LogP contribution in [0.3, 0.4) is 0 Å². The minimum atomic E-state index is -0.516. The van der Waals surface area contributed by atoms with Crippen molar-refractivity contribution in [2.45, 2.75) is 25.4 Å². The van der Waals surface area contributed by atoms with Crippen LogP contribution in [-0.2, 0) is 16.0 Å². The molecule has 7 nitrogen and oxygen atoms in total. The van der Waals surface area contributed by atoms with E-state index in [0.717, 1.165) is 11.3 Å². The maximum atomic E-state index is 12.9. The molecule has 0 saturated carbocycles. The second-order valence-electron chi connectivity index (χ2n) is 7.72. The highest BCUT2D eigenvalue weighted by Crippen LogP contribution is 2.35. The van der Waals surface area contributed by atoms with Gasteiger partial charge in [-0.2, -0.15) is 0 Å². The Kier molecular flexibility index (Phi) is 4.90. The Hall–Kier alpha value is -2.93. The molecule has 0 radical (unpaired) electrons. The Bertz CT molecular complexity index is 1000. The van der Waals surface area contributed by atoms with Crippen LogP contribution in [0.15, 0.2) is 36.4 Å². The molecule has 30 heavy (non-hydrogen) atoms. The first-order chi connectivity index (χ1) is 14.6. The summed E-state index contributed by atoms with van der Waals surface area (Å²) < 4.78 is 16.5. The summed E-state index contributed by atoms with van der Waals surface area (Å²) in [5.74, 6) is 1.82. The molecule has 0 bridgehead atoms. The van der Waals surface area contributed by atoms with Gasteiger partial charge in [-0.05, 0) is 48.7 Å². The Labute approximate surface area is 178 Å². The molecule has 1 atom stereocenters. The van der Waals surface area contributed by atoms with Gasteiger partial charge >= 0.3 is 0 Å². The minimum absolute atomic E-state index is 0.0306. The van der Waals surface area contributed by atoms with Gasteiger partial charge in [0.05, 0.1) is 0 Å². The van der Waals surface area contributed by atoms with Crippen molar-refractivity contribution in [2.24, 2.45) is 5.92 Å². The van der Waals surface area contributed by atoms with E-state index in [2.05, 4.69) is 5.32 Å². The van der Waals surface area contributed by atoms with E-state index in [1.807, 2.05) is 6.07 Å². The molecule has 1 saturated heterocycles. The number of halogens is 1. The summed E-state index contributed by atoms with van der Waals surface area (Å²) in [6.45, 7) is 1.27. The summed E-state index contributed by atoms with van der Waals surface area (Å²) in [7, 11) is 0. The molecular weight excluding hydrogens is 408 g/mol. The van der Waals surface area contributed by atoms with Gasteiger partial charge in [-0.3, -0.25) is 9.59 Å². The number of nitrogens with zero attached hydrogens (tertiary/aromatic N) is 1. The number of ether oxygens (including phenoxy) is 3. The highest BCUT2D eigenvalue weighted by atomic mass is 35.5. The number of rotatable bonds is 3. The molecule has 0 aromatic heterocycles. The molecule has 2 aromatic rings. The zero-order valence-corrected chi connectivity index (χ0v) is 17.0. The van der Waals surface area contributed by atoms with Crippen LogP contribution in [0.25, 0.3) is 0 Å². The van der Waals surface area contributed by atoms with Crippen molar-refractivity contribution >= 4 is 29.1 Å². The molecule has 156 valence electrons. The van der Waals surface area contributed by atoms with Crippen molar-refractivity contribution in [1.29, 1.82) is 0 Å². The quantitative estimate of drug-likeness (QED) is 0.812. The van der Waals surface area contributed by atoms with E-state index in [4.69, 9.17) is 25.8 Å². The van der Waals surface area contributed by atoms with Gasteiger partial charge in [0, 0.05) is 42.2 Å². The van der Waals surface area contributed by atoms with Gasteiger partial charge in [-0.25, -0.2) is 0 Å². The van der Waals surface area contributed by atoms with Crippen LogP contribution in [0.5, 0.6) is 17.2 Å². The van der Waals surface area contributed by atoms with Gasteiger partial charge in [0.2, 0.25) is 12.7 Å². The summed E-state index contributed by atoms with van der Waals surface area (Å²) in [5, 5.41) is 3.58. The lowest BCUT2D eigenvalue weighted by atomic mass is 9.95. The molecule has 5 rings (SSSR count). The molecule has 2 aromatic carbocycles. The average Bonchev–Trinajstić information content (AvgIpc) is 3.39. The van der Waals surface area contributed by atoms with Crippen LogP contribution in [-0.4, -0.2) is 42.7 Å². The largest absolute Gasteiger partial charge is 0.480 e. The number of likely N-dealkylation sites (tertiary alicyclic amines) is 1. The van der Waals surface area contributed by atoms with Crippen molar-refractivity contribution in [3.05, 3.63) is 47.0 Å². The first-order valence-electron chi connectivity index (χ1n) is 10.0. The third-order valence-corrected chi connectivity index (χ3v) is 6.03. The number of hydrogen-bond acceptors (Lipinski definition) is 5. The van der Waals surface area contributed by atoms with E-state index < -0.39 is 6.10 Å². The van der Waals surface area contributed by atoms with Crippen molar-refractivity contribution < 1.29 is 23.8 Å². The fraction of sp³-hybridized carbons (Fsp3) is 0.364. The van der Waals surface area contributed by atoms with Crippen LogP contribution >= 0.6 is 11.6 Å². The number of piperidine rings is 1. The highest BCUT2D eigenvalue weighted by Gasteiger charge is 2.35. The van der Waals surface area contributed by atoms with Crippen molar-refractivity contribution in [3.8, 4) is 17.2 Å². The molecule has 2 amide bonds. The fourth-order valence-corrected chi connectivity index (χ4v) is 4.33. The van der Waals surface area contributed by atoms with Gasteiger partial charge in [-0.15, -0.1) is 0 Å². The fourth-order valence-electron chi connectivity index (χ4n) is 4.14. The minimum Gasteiger partial charge on any atom is -0.480 e. The third-order valence-electron chi connectivity index (χ3n) is 5.79. The standard InChI is InChI=1S/C22H21ClN2O5/c23-15-1-3-17-14(9-15)10-20(30-17)22(27)25-7-5-13(6-8-25)21(26)24-16-2-4-18-19(11-16)29-12-28-18/h1-4,9,11,13,20H,5-8,10,12H2,(H,24,26)/t20-/m1/s1. The number of fused-ring (bicyclic) bond motifs is 2. The van der Waals surface area contributed by atoms with E-state index in [-0.39, 0.29) is 24.5 Å². The SMILES string of the molecule is O=C(Nc1ccc2c(c1)OCO2)C1CCN(C(=O)[C@H]2Cc3cc(Cl)ccc3O2)CC1. The summed E-state index contributed by atoms with van der Waals surface area (Å²) >= 11 is 6.03. The van der Waals surface area contributed by atoms with E-state index >= 15 is 0 Å². The van der Waals surface area contributed by atoms with Crippen LogP contribution in [0.4, 0.5) is 5.69 Å². The monoisotopic (exact) mass is 428 g/mol. The molecule has 3 aliphatic heterocycles. The van der Waals surface area contributed by atoms with Crippen molar-refractivity contribution in [2.75, 3.05) is 25.2 Å². The summed E-state index contributed by atoms with van der Waals surface area (Å²) in [6.07, 6.45) is 1.25. The maximum Gasteiger partial charge on any atom is 0.263 e. The van der Waals surface area contributed by atoms with Gasteiger partial charge in [0.25, 0.3) is 5.91 Å². The first-order valence-corrected chi connectivity index (χ1v) is 10.4. The predicted octanol–water partition coefficient (Wildman–Crippen LogP) is 3.25. The van der Waals surface area contributed by atoms with Crippen LogP contribution in [0, 0.1) is 5.92 Å². The number of carbonyl (C=O) groups excluding carboxylic acids is 2.